The molecule has 0 aliphatic heterocycles. The first-order valence-electron chi connectivity index (χ1n) is 5.58. The van der Waals surface area contributed by atoms with Gasteiger partial charge in [0.1, 0.15) is 5.82 Å². The molecule has 0 aliphatic rings. The van der Waals surface area contributed by atoms with E-state index < -0.39 is 23.6 Å². The Kier molecular flexibility index (Phi) is 4.22. The topological polar surface area (TPSA) is 26.0 Å². The van der Waals surface area contributed by atoms with E-state index >= 15 is 0 Å². The molecule has 2 rings (SSSR count). The predicted octanol–water partition coefficient (Wildman–Crippen LogP) is 5.03. The number of alkyl halides is 3. The first-order valence-corrected chi connectivity index (χ1v) is 7.19. The van der Waals surface area contributed by atoms with Crippen LogP contribution >= 0.6 is 27.3 Å². The largest absolute Gasteiger partial charge is 0.416 e. The maximum atomic E-state index is 13.8. The Morgan fingerprint density at radius 1 is 1.20 bits per heavy atom. The summed E-state index contributed by atoms with van der Waals surface area (Å²) in [7, 11) is 0. The zero-order chi connectivity index (χ0) is 15.1. The van der Waals surface area contributed by atoms with Crippen LogP contribution in [0.3, 0.4) is 0 Å². The Bertz CT molecular complexity index is 636. The molecular formula is C13H10BrF4NS. The molecule has 1 aromatic heterocycles. The molecule has 0 radical (unpaired) electrons. The summed E-state index contributed by atoms with van der Waals surface area (Å²) in [6.07, 6.45) is -4.52. The molecule has 0 saturated heterocycles. The van der Waals surface area contributed by atoms with Gasteiger partial charge in [-0.15, -0.1) is 11.3 Å². The SMILES string of the molecule is Cc1sc(Br)cc1C(N)c1cc(C(F)(F)F)ccc1F. The van der Waals surface area contributed by atoms with Crippen molar-refractivity contribution < 1.29 is 17.6 Å². The molecule has 0 saturated carbocycles. The Morgan fingerprint density at radius 2 is 1.85 bits per heavy atom. The lowest BCUT2D eigenvalue weighted by atomic mass is 9.98. The van der Waals surface area contributed by atoms with E-state index in [1.54, 1.807) is 13.0 Å². The summed E-state index contributed by atoms with van der Waals surface area (Å²) in [6, 6.07) is 3.05. The van der Waals surface area contributed by atoms with Crippen LogP contribution in [0.5, 0.6) is 0 Å². The molecule has 108 valence electrons. The standard InChI is InChI=1S/C13H10BrF4NS/c1-6-8(5-11(14)20-6)12(19)9-4-7(13(16,17)18)2-3-10(9)15/h2-5,12H,19H2,1H3. The van der Waals surface area contributed by atoms with Gasteiger partial charge in [-0.05, 0) is 52.7 Å². The van der Waals surface area contributed by atoms with Gasteiger partial charge in [-0.1, -0.05) is 0 Å². The number of hydrogen-bond acceptors (Lipinski definition) is 2. The molecule has 2 aromatic rings. The van der Waals surface area contributed by atoms with Crippen LogP contribution in [-0.4, -0.2) is 0 Å². The minimum absolute atomic E-state index is 0.159. The van der Waals surface area contributed by atoms with Gasteiger partial charge in [0, 0.05) is 10.4 Å². The van der Waals surface area contributed by atoms with Gasteiger partial charge in [0.25, 0.3) is 0 Å². The molecule has 0 amide bonds. The number of rotatable bonds is 2. The third kappa shape index (κ3) is 3.05. The second-order valence-electron chi connectivity index (χ2n) is 4.27. The number of thiophene rings is 1. The van der Waals surface area contributed by atoms with E-state index in [1.807, 2.05) is 0 Å². The summed E-state index contributed by atoms with van der Waals surface area (Å²) < 4.78 is 52.6. The highest BCUT2D eigenvalue weighted by molar-refractivity contribution is 9.11. The van der Waals surface area contributed by atoms with Crippen LogP contribution in [0.25, 0.3) is 0 Å². The molecule has 1 nitrogen and oxygen atoms in total. The molecule has 1 aromatic carbocycles. The van der Waals surface area contributed by atoms with Crippen molar-refractivity contribution >= 4 is 27.3 Å². The van der Waals surface area contributed by atoms with Crippen LogP contribution in [0.2, 0.25) is 0 Å². The number of nitrogens with two attached hydrogens (primary N) is 1. The van der Waals surface area contributed by atoms with Crippen molar-refractivity contribution in [3.8, 4) is 0 Å². The van der Waals surface area contributed by atoms with E-state index in [0.29, 0.717) is 11.6 Å². The fraction of sp³-hybridized carbons (Fsp3) is 0.231. The molecule has 0 bridgehead atoms. The lowest BCUT2D eigenvalue weighted by Crippen LogP contribution is -2.16. The number of halogens is 5. The van der Waals surface area contributed by atoms with Gasteiger partial charge >= 0.3 is 6.18 Å². The lowest BCUT2D eigenvalue weighted by molar-refractivity contribution is -0.137. The molecule has 1 heterocycles. The molecule has 1 unspecified atom stereocenters. The Balaban J connectivity index is 2.49. The highest BCUT2D eigenvalue weighted by atomic mass is 79.9. The zero-order valence-electron chi connectivity index (χ0n) is 10.3. The van der Waals surface area contributed by atoms with Gasteiger partial charge in [-0.25, -0.2) is 4.39 Å². The highest BCUT2D eigenvalue weighted by Crippen LogP contribution is 2.36. The first-order chi connectivity index (χ1) is 9.20. The van der Waals surface area contributed by atoms with Gasteiger partial charge < -0.3 is 5.73 Å². The smallest absolute Gasteiger partial charge is 0.320 e. The van der Waals surface area contributed by atoms with Crippen LogP contribution in [0.15, 0.2) is 28.1 Å². The van der Waals surface area contributed by atoms with E-state index in [1.165, 1.54) is 11.3 Å². The van der Waals surface area contributed by atoms with Crippen molar-refractivity contribution in [2.45, 2.75) is 19.1 Å². The maximum absolute atomic E-state index is 13.8. The number of benzene rings is 1. The molecular weight excluding hydrogens is 358 g/mol. The molecule has 0 aliphatic carbocycles. The molecule has 7 heteroatoms. The number of aryl methyl sites for hydroxylation is 1. The van der Waals surface area contributed by atoms with Crippen LogP contribution in [0.1, 0.15) is 27.6 Å². The van der Waals surface area contributed by atoms with Gasteiger partial charge in [-0.3, -0.25) is 0 Å². The minimum atomic E-state index is -4.52. The summed E-state index contributed by atoms with van der Waals surface area (Å²) in [6.45, 7) is 1.79. The van der Waals surface area contributed by atoms with E-state index in [4.69, 9.17) is 5.73 Å². The van der Waals surface area contributed by atoms with Gasteiger partial charge in [0.2, 0.25) is 0 Å². The third-order valence-electron chi connectivity index (χ3n) is 2.92. The lowest BCUT2D eigenvalue weighted by Gasteiger charge is -2.15. The monoisotopic (exact) mass is 367 g/mol. The van der Waals surface area contributed by atoms with Crippen LogP contribution in [-0.2, 0) is 6.18 Å². The summed E-state index contributed by atoms with van der Waals surface area (Å²) in [4.78, 5) is 0.834. The van der Waals surface area contributed by atoms with Crippen molar-refractivity contribution in [1.29, 1.82) is 0 Å². The van der Waals surface area contributed by atoms with Crippen molar-refractivity contribution in [3.63, 3.8) is 0 Å². The van der Waals surface area contributed by atoms with Crippen LogP contribution in [0.4, 0.5) is 17.6 Å². The molecule has 0 fully saturated rings. The minimum Gasteiger partial charge on any atom is -0.320 e. The summed E-state index contributed by atoms with van der Waals surface area (Å²) in [5, 5.41) is 0. The molecule has 20 heavy (non-hydrogen) atoms. The van der Waals surface area contributed by atoms with Crippen molar-refractivity contribution in [2.75, 3.05) is 0 Å². The normalized spacial score (nSPS) is 13.6. The quantitative estimate of drug-likeness (QED) is 0.740. The molecule has 2 N–H and O–H groups in total. The number of hydrogen-bond donors (Lipinski definition) is 1. The summed E-state index contributed by atoms with van der Waals surface area (Å²) >= 11 is 4.68. The van der Waals surface area contributed by atoms with E-state index in [9.17, 15) is 17.6 Å². The average Bonchev–Trinajstić information content (AvgIpc) is 2.66. The van der Waals surface area contributed by atoms with Crippen LogP contribution < -0.4 is 5.73 Å². The van der Waals surface area contributed by atoms with Crippen molar-refractivity contribution in [3.05, 3.63) is 55.4 Å². The summed E-state index contributed by atoms with van der Waals surface area (Å²) in [5.74, 6) is -0.743. The van der Waals surface area contributed by atoms with E-state index in [2.05, 4.69) is 15.9 Å². The van der Waals surface area contributed by atoms with Gasteiger partial charge in [0.15, 0.2) is 0 Å². The van der Waals surface area contributed by atoms with E-state index in [0.717, 1.165) is 20.8 Å². The Morgan fingerprint density at radius 3 is 2.35 bits per heavy atom. The fourth-order valence-corrected chi connectivity index (χ4v) is 3.65. The fourth-order valence-electron chi connectivity index (χ4n) is 1.89. The Hall–Kier alpha value is -0.920. The zero-order valence-corrected chi connectivity index (χ0v) is 12.7. The highest BCUT2D eigenvalue weighted by Gasteiger charge is 2.32. The Labute approximate surface area is 125 Å². The summed E-state index contributed by atoms with van der Waals surface area (Å²) in [5.41, 5.74) is 5.47. The van der Waals surface area contributed by atoms with E-state index in [-0.39, 0.29) is 5.56 Å². The second-order valence-corrected chi connectivity index (χ2v) is 6.91. The van der Waals surface area contributed by atoms with Crippen molar-refractivity contribution in [2.24, 2.45) is 5.73 Å². The maximum Gasteiger partial charge on any atom is 0.416 e. The molecule has 1 atom stereocenters. The third-order valence-corrected chi connectivity index (χ3v) is 4.49. The molecule has 0 spiro atoms. The van der Waals surface area contributed by atoms with Crippen LogP contribution in [0, 0.1) is 12.7 Å². The van der Waals surface area contributed by atoms with Gasteiger partial charge in [0.05, 0.1) is 15.4 Å². The average molecular weight is 368 g/mol. The van der Waals surface area contributed by atoms with Gasteiger partial charge in [-0.2, -0.15) is 13.2 Å². The van der Waals surface area contributed by atoms with Crippen molar-refractivity contribution in [1.82, 2.24) is 0 Å². The predicted molar refractivity (Wildman–Crippen MR) is 74.2 cm³/mol. The second kappa shape index (κ2) is 5.46. The first kappa shape index (κ1) is 15.5.